The quantitative estimate of drug-likeness (QED) is 0.720. The van der Waals surface area contributed by atoms with E-state index in [2.05, 4.69) is 30.2 Å². The number of anilines is 1. The maximum absolute atomic E-state index is 12.6. The smallest absolute Gasteiger partial charge is 0.259 e. The minimum atomic E-state index is -0.278. The van der Waals surface area contributed by atoms with Gasteiger partial charge in [0.1, 0.15) is 0 Å². The van der Waals surface area contributed by atoms with E-state index in [1.54, 1.807) is 18.5 Å². The van der Waals surface area contributed by atoms with E-state index in [0.29, 0.717) is 11.3 Å². The number of aromatic nitrogens is 4. The number of pyridine rings is 2. The number of carbonyl (C=O) groups is 1. The highest BCUT2D eigenvalue weighted by Gasteiger charge is 2.13. The lowest BCUT2D eigenvalue weighted by Crippen LogP contribution is -2.29. The number of nitrogens with one attached hydrogen (secondary N) is 1. The molecule has 1 saturated heterocycles. The number of aryl methyl sites for hydroxylation is 1. The van der Waals surface area contributed by atoms with Crippen molar-refractivity contribution in [3.63, 3.8) is 0 Å². The van der Waals surface area contributed by atoms with Crippen molar-refractivity contribution in [2.45, 2.75) is 32.7 Å². The van der Waals surface area contributed by atoms with Crippen LogP contribution >= 0.6 is 0 Å². The fourth-order valence-corrected chi connectivity index (χ4v) is 3.44. The van der Waals surface area contributed by atoms with E-state index in [-0.39, 0.29) is 11.9 Å². The second-order valence-corrected chi connectivity index (χ2v) is 7.26. The van der Waals surface area contributed by atoms with Crippen molar-refractivity contribution >= 4 is 11.9 Å². The van der Waals surface area contributed by atoms with Crippen LogP contribution in [0.2, 0.25) is 0 Å². The Labute approximate surface area is 170 Å². The molecule has 4 rings (SSSR count). The molecule has 4 heterocycles. The van der Waals surface area contributed by atoms with E-state index in [4.69, 9.17) is 0 Å². The highest BCUT2D eigenvalue weighted by Crippen LogP contribution is 2.17. The van der Waals surface area contributed by atoms with Gasteiger partial charge >= 0.3 is 0 Å². The lowest BCUT2D eigenvalue weighted by atomic mass is 10.1. The Hall–Kier alpha value is -3.19. The molecule has 1 amide bonds. The summed E-state index contributed by atoms with van der Waals surface area (Å²) in [7, 11) is 0. The number of hydrogen-bond acceptors (Lipinski definition) is 6. The average molecular weight is 388 g/mol. The van der Waals surface area contributed by atoms with Gasteiger partial charge in [-0.3, -0.25) is 25.0 Å². The molecule has 148 valence electrons. The molecule has 7 heteroatoms. The summed E-state index contributed by atoms with van der Waals surface area (Å²) in [6.45, 7) is 4.93. The first-order chi connectivity index (χ1) is 14.2. The summed E-state index contributed by atoms with van der Waals surface area (Å²) in [6, 6.07) is 11.2. The Balaban J connectivity index is 1.44. The van der Waals surface area contributed by atoms with Gasteiger partial charge in [-0.25, -0.2) is 9.97 Å². The van der Waals surface area contributed by atoms with Crippen LogP contribution in [-0.2, 0) is 6.54 Å². The van der Waals surface area contributed by atoms with Crippen LogP contribution in [0.15, 0.2) is 48.8 Å². The first-order valence-electron chi connectivity index (χ1n) is 9.93. The van der Waals surface area contributed by atoms with E-state index in [0.717, 1.165) is 36.7 Å². The summed E-state index contributed by atoms with van der Waals surface area (Å²) < 4.78 is 0. The van der Waals surface area contributed by atoms with Crippen LogP contribution in [0.5, 0.6) is 0 Å². The maximum atomic E-state index is 12.6. The zero-order chi connectivity index (χ0) is 20.1. The summed E-state index contributed by atoms with van der Waals surface area (Å²) in [5.41, 5.74) is 3.62. The maximum Gasteiger partial charge on any atom is 0.259 e. The topological polar surface area (TPSA) is 83.9 Å². The molecule has 0 unspecified atom stereocenters. The molecule has 0 aromatic carbocycles. The van der Waals surface area contributed by atoms with Crippen molar-refractivity contribution in [1.82, 2.24) is 24.8 Å². The molecule has 3 aromatic heterocycles. The summed E-state index contributed by atoms with van der Waals surface area (Å²) in [4.78, 5) is 32.6. The zero-order valence-corrected chi connectivity index (χ0v) is 16.5. The molecule has 1 aliphatic rings. The predicted molar refractivity (Wildman–Crippen MR) is 111 cm³/mol. The van der Waals surface area contributed by atoms with Crippen LogP contribution in [0.3, 0.4) is 0 Å². The fourth-order valence-electron chi connectivity index (χ4n) is 3.44. The Morgan fingerprint density at radius 2 is 1.90 bits per heavy atom. The van der Waals surface area contributed by atoms with Gasteiger partial charge in [-0.1, -0.05) is 12.5 Å². The molecule has 0 aliphatic carbocycles. The number of amides is 1. The van der Waals surface area contributed by atoms with Crippen LogP contribution in [0, 0.1) is 6.92 Å². The zero-order valence-electron chi connectivity index (χ0n) is 16.5. The van der Waals surface area contributed by atoms with Gasteiger partial charge in [-0.05, 0) is 63.2 Å². The molecule has 7 nitrogen and oxygen atoms in total. The van der Waals surface area contributed by atoms with Crippen molar-refractivity contribution in [1.29, 1.82) is 0 Å². The van der Waals surface area contributed by atoms with Gasteiger partial charge in [0.2, 0.25) is 5.95 Å². The van der Waals surface area contributed by atoms with Crippen LogP contribution in [0.25, 0.3) is 11.4 Å². The van der Waals surface area contributed by atoms with E-state index in [1.165, 1.54) is 19.3 Å². The number of nitrogens with zero attached hydrogens (tertiary/aromatic N) is 5. The third-order valence-corrected chi connectivity index (χ3v) is 4.93. The van der Waals surface area contributed by atoms with Crippen LogP contribution in [0.1, 0.15) is 41.0 Å². The van der Waals surface area contributed by atoms with Gasteiger partial charge in [-0.15, -0.1) is 0 Å². The molecule has 0 saturated carbocycles. The summed E-state index contributed by atoms with van der Waals surface area (Å²) in [6.07, 6.45) is 7.13. The monoisotopic (exact) mass is 388 g/mol. The lowest BCUT2D eigenvalue weighted by molar-refractivity contribution is 0.102. The minimum Gasteiger partial charge on any atom is -0.298 e. The number of hydrogen-bond donors (Lipinski definition) is 1. The van der Waals surface area contributed by atoms with Gasteiger partial charge < -0.3 is 0 Å². The normalized spacial score (nSPS) is 14.5. The molecule has 1 fully saturated rings. The first-order valence-corrected chi connectivity index (χ1v) is 9.93. The van der Waals surface area contributed by atoms with Crippen molar-refractivity contribution in [3.8, 4) is 11.4 Å². The molecule has 0 atom stereocenters. The number of rotatable bonds is 5. The summed E-state index contributed by atoms with van der Waals surface area (Å²) in [5.74, 6) is -0.0207. The lowest BCUT2D eigenvalue weighted by Gasteiger charge is -2.25. The summed E-state index contributed by atoms with van der Waals surface area (Å²) in [5, 5.41) is 2.77. The van der Waals surface area contributed by atoms with Crippen LogP contribution in [0.4, 0.5) is 5.95 Å². The van der Waals surface area contributed by atoms with Gasteiger partial charge in [0, 0.05) is 24.6 Å². The summed E-state index contributed by atoms with van der Waals surface area (Å²) >= 11 is 0. The molecular formula is C22H24N6O. The predicted octanol–water partition coefficient (Wildman–Crippen LogP) is 3.48. The van der Waals surface area contributed by atoms with Gasteiger partial charge in [-0.2, -0.15) is 0 Å². The number of carbonyl (C=O) groups excluding carboxylic acids is 1. The van der Waals surface area contributed by atoms with Gasteiger partial charge in [0.05, 0.1) is 22.6 Å². The average Bonchev–Trinajstić information content (AvgIpc) is 2.75. The molecule has 0 spiro atoms. The number of piperidine rings is 1. The third-order valence-electron chi connectivity index (χ3n) is 4.93. The van der Waals surface area contributed by atoms with E-state index >= 15 is 0 Å². The Morgan fingerprint density at radius 1 is 1.03 bits per heavy atom. The van der Waals surface area contributed by atoms with E-state index in [9.17, 15) is 4.79 Å². The molecule has 1 aliphatic heterocycles. The Bertz CT molecular complexity index is 968. The van der Waals surface area contributed by atoms with Gasteiger partial charge in [0.15, 0.2) is 0 Å². The van der Waals surface area contributed by atoms with Crippen molar-refractivity contribution < 1.29 is 4.79 Å². The number of likely N-dealkylation sites (tertiary alicyclic amines) is 1. The van der Waals surface area contributed by atoms with Crippen molar-refractivity contribution in [2.75, 3.05) is 18.4 Å². The molecule has 3 aromatic rings. The standard InChI is InChI=1S/C22H24N6O/c1-16-13-20(19-7-3-4-10-23-19)26-22(25-16)27-21(29)17-8-9-18(24-14-17)15-28-11-5-2-6-12-28/h3-4,7-10,13-14H,2,5-6,11-12,15H2,1H3,(H,25,26,27,29). The van der Waals surface area contributed by atoms with E-state index < -0.39 is 0 Å². The Morgan fingerprint density at radius 3 is 2.62 bits per heavy atom. The Kier molecular flexibility index (Phi) is 5.86. The fraction of sp³-hybridized carbons (Fsp3) is 0.318. The molecule has 0 bridgehead atoms. The molecule has 1 N–H and O–H groups in total. The van der Waals surface area contributed by atoms with Crippen LogP contribution in [-0.4, -0.2) is 43.8 Å². The molecule has 29 heavy (non-hydrogen) atoms. The highest BCUT2D eigenvalue weighted by atomic mass is 16.1. The molecular weight excluding hydrogens is 364 g/mol. The van der Waals surface area contributed by atoms with Crippen molar-refractivity contribution in [3.05, 3.63) is 65.7 Å². The first kappa shape index (κ1) is 19.1. The largest absolute Gasteiger partial charge is 0.298 e. The van der Waals surface area contributed by atoms with Crippen molar-refractivity contribution in [2.24, 2.45) is 0 Å². The minimum absolute atomic E-state index is 0.257. The van der Waals surface area contributed by atoms with E-state index in [1.807, 2.05) is 37.3 Å². The highest BCUT2D eigenvalue weighted by molar-refractivity contribution is 6.03. The SMILES string of the molecule is Cc1cc(-c2ccccn2)nc(NC(=O)c2ccc(CN3CCCCC3)nc2)n1. The second-order valence-electron chi connectivity index (χ2n) is 7.26. The van der Waals surface area contributed by atoms with Crippen LogP contribution < -0.4 is 5.32 Å². The third kappa shape index (κ3) is 5.00. The second kappa shape index (κ2) is 8.87. The van der Waals surface area contributed by atoms with Gasteiger partial charge in [0.25, 0.3) is 5.91 Å². The molecule has 0 radical (unpaired) electrons.